The van der Waals surface area contributed by atoms with E-state index in [1.807, 2.05) is 26.0 Å². The van der Waals surface area contributed by atoms with Gasteiger partial charge in [-0.25, -0.2) is 0 Å². The Morgan fingerprint density at radius 1 is 0.633 bits per heavy atom. The molecule has 3 rings (SSSR count). The Hall–Kier alpha value is -3.93. The van der Waals surface area contributed by atoms with E-state index in [2.05, 4.69) is 16.0 Å². The molecule has 3 aromatic carbocycles. The molecule has 0 saturated heterocycles. The van der Waals surface area contributed by atoms with Gasteiger partial charge in [-0.05, 0) is 61.4 Å². The molecule has 152 valence electrons. The van der Waals surface area contributed by atoms with E-state index >= 15 is 0 Å². The van der Waals surface area contributed by atoms with Crippen molar-refractivity contribution < 1.29 is 14.4 Å². The van der Waals surface area contributed by atoms with Gasteiger partial charge in [-0.1, -0.05) is 30.3 Å². The predicted molar refractivity (Wildman–Crippen MR) is 119 cm³/mol. The SMILES string of the molecule is CC(=O)Nc1ccc(C)cc1NC(=O)c1ccc(C)c(NC(=O)c2ccccc2)c1. The molecule has 0 fully saturated rings. The Labute approximate surface area is 175 Å². The lowest BCUT2D eigenvalue weighted by molar-refractivity contribution is -0.114. The third-order valence-corrected chi connectivity index (χ3v) is 4.52. The molecule has 3 aromatic rings. The highest BCUT2D eigenvalue weighted by molar-refractivity contribution is 6.09. The Bertz CT molecular complexity index is 1110. The molecule has 0 aliphatic heterocycles. The molecular weight excluding hydrogens is 378 g/mol. The Kier molecular flexibility index (Phi) is 6.27. The number of carbonyl (C=O) groups is 3. The van der Waals surface area contributed by atoms with Crippen molar-refractivity contribution in [3.05, 3.63) is 89.0 Å². The van der Waals surface area contributed by atoms with Gasteiger partial charge in [-0.2, -0.15) is 0 Å². The van der Waals surface area contributed by atoms with Crippen molar-refractivity contribution >= 4 is 34.8 Å². The zero-order valence-electron chi connectivity index (χ0n) is 17.1. The van der Waals surface area contributed by atoms with E-state index in [9.17, 15) is 14.4 Å². The minimum absolute atomic E-state index is 0.226. The van der Waals surface area contributed by atoms with Crippen molar-refractivity contribution in [3.8, 4) is 0 Å². The van der Waals surface area contributed by atoms with Gasteiger partial charge in [0.1, 0.15) is 0 Å². The maximum absolute atomic E-state index is 12.8. The molecule has 3 amide bonds. The lowest BCUT2D eigenvalue weighted by Crippen LogP contribution is -2.17. The molecule has 0 aromatic heterocycles. The van der Waals surface area contributed by atoms with Crippen LogP contribution in [0.15, 0.2) is 66.7 Å². The van der Waals surface area contributed by atoms with Gasteiger partial charge in [0.25, 0.3) is 11.8 Å². The molecule has 0 saturated carbocycles. The van der Waals surface area contributed by atoms with E-state index in [4.69, 9.17) is 0 Å². The van der Waals surface area contributed by atoms with Gasteiger partial charge in [-0.3, -0.25) is 14.4 Å². The van der Waals surface area contributed by atoms with E-state index in [0.717, 1.165) is 11.1 Å². The fourth-order valence-corrected chi connectivity index (χ4v) is 2.94. The van der Waals surface area contributed by atoms with E-state index in [-0.39, 0.29) is 17.7 Å². The van der Waals surface area contributed by atoms with Crippen molar-refractivity contribution in [1.82, 2.24) is 0 Å². The molecule has 6 nitrogen and oxygen atoms in total. The zero-order chi connectivity index (χ0) is 21.7. The average molecular weight is 401 g/mol. The molecule has 0 atom stereocenters. The summed E-state index contributed by atoms with van der Waals surface area (Å²) in [6.45, 7) is 5.17. The minimum atomic E-state index is -0.345. The van der Waals surface area contributed by atoms with Crippen LogP contribution in [0.2, 0.25) is 0 Å². The summed E-state index contributed by atoms with van der Waals surface area (Å²) < 4.78 is 0. The van der Waals surface area contributed by atoms with Crippen molar-refractivity contribution in [2.24, 2.45) is 0 Å². The molecule has 30 heavy (non-hydrogen) atoms. The Morgan fingerprint density at radius 2 is 1.30 bits per heavy atom. The second kappa shape index (κ2) is 9.05. The summed E-state index contributed by atoms with van der Waals surface area (Å²) in [6, 6.07) is 19.4. The number of carbonyl (C=O) groups excluding carboxylic acids is 3. The number of anilines is 3. The van der Waals surface area contributed by atoms with Crippen LogP contribution in [-0.2, 0) is 4.79 Å². The smallest absolute Gasteiger partial charge is 0.255 e. The topological polar surface area (TPSA) is 87.3 Å². The highest BCUT2D eigenvalue weighted by atomic mass is 16.2. The first-order chi connectivity index (χ1) is 14.3. The maximum Gasteiger partial charge on any atom is 0.255 e. The summed E-state index contributed by atoms with van der Waals surface area (Å²) >= 11 is 0. The number of hydrogen-bond acceptors (Lipinski definition) is 3. The lowest BCUT2D eigenvalue weighted by atomic mass is 10.1. The van der Waals surface area contributed by atoms with Crippen LogP contribution in [0.4, 0.5) is 17.1 Å². The summed E-state index contributed by atoms with van der Waals surface area (Å²) in [5, 5.41) is 8.41. The molecule has 0 aliphatic rings. The second-order valence-corrected chi connectivity index (χ2v) is 7.03. The number of amides is 3. The van der Waals surface area contributed by atoms with Crippen molar-refractivity contribution in [2.45, 2.75) is 20.8 Å². The van der Waals surface area contributed by atoms with Crippen LogP contribution < -0.4 is 16.0 Å². The number of nitrogens with one attached hydrogen (secondary N) is 3. The molecule has 6 heteroatoms. The van der Waals surface area contributed by atoms with Crippen LogP contribution in [0.5, 0.6) is 0 Å². The zero-order valence-corrected chi connectivity index (χ0v) is 17.1. The molecular formula is C24H23N3O3. The molecule has 0 aliphatic carbocycles. The van der Waals surface area contributed by atoms with Gasteiger partial charge in [0, 0.05) is 23.7 Å². The number of rotatable bonds is 5. The van der Waals surface area contributed by atoms with Gasteiger partial charge in [0.15, 0.2) is 0 Å². The van der Waals surface area contributed by atoms with Crippen LogP contribution >= 0.6 is 0 Å². The number of hydrogen-bond donors (Lipinski definition) is 3. The van der Waals surface area contributed by atoms with Gasteiger partial charge in [0.2, 0.25) is 5.91 Å². The van der Waals surface area contributed by atoms with Crippen LogP contribution in [-0.4, -0.2) is 17.7 Å². The lowest BCUT2D eigenvalue weighted by Gasteiger charge is -2.14. The van der Waals surface area contributed by atoms with Gasteiger partial charge in [0.05, 0.1) is 11.4 Å². The Balaban J connectivity index is 1.82. The molecule has 0 heterocycles. The first kappa shape index (κ1) is 20.8. The maximum atomic E-state index is 12.8. The molecule has 0 bridgehead atoms. The first-order valence-corrected chi connectivity index (χ1v) is 9.50. The monoisotopic (exact) mass is 401 g/mol. The summed E-state index contributed by atoms with van der Waals surface area (Å²) in [6.07, 6.45) is 0. The first-order valence-electron chi connectivity index (χ1n) is 9.50. The number of benzene rings is 3. The Morgan fingerprint density at radius 3 is 2.00 bits per heavy atom. The molecule has 0 spiro atoms. The van der Waals surface area contributed by atoms with Crippen LogP contribution in [0.3, 0.4) is 0 Å². The quantitative estimate of drug-likeness (QED) is 0.576. The highest BCUT2D eigenvalue weighted by Crippen LogP contribution is 2.25. The van der Waals surface area contributed by atoms with E-state index in [1.54, 1.807) is 54.6 Å². The minimum Gasteiger partial charge on any atom is -0.325 e. The van der Waals surface area contributed by atoms with Crippen LogP contribution in [0.25, 0.3) is 0 Å². The number of aryl methyl sites for hydroxylation is 2. The van der Waals surface area contributed by atoms with Crippen molar-refractivity contribution in [1.29, 1.82) is 0 Å². The fraction of sp³-hybridized carbons (Fsp3) is 0.125. The summed E-state index contributed by atoms with van der Waals surface area (Å²) in [4.78, 5) is 36.8. The molecule has 0 radical (unpaired) electrons. The van der Waals surface area contributed by atoms with E-state index in [0.29, 0.717) is 28.2 Å². The fourth-order valence-electron chi connectivity index (χ4n) is 2.94. The van der Waals surface area contributed by atoms with E-state index < -0.39 is 0 Å². The second-order valence-electron chi connectivity index (χ2n) is 7.03. The predicted octanol–water partition coefficient (Wildman–Crippen LogP) is 4.77. The third-order valence-electron chi connectivity index (χ3n) is 4.52. The van der Waals surface area contributed by atoms with Crippen molar-refractivity contribution in [2.75, 3.05) is 16.0 Å². The van der Waals surface area contributed by atoms with E-state index in [1.165, 1.54) is 6.92 Å². The van der Waals surface area contributed by atoms with Gasteiger partial charge < -0.3 is 16.0 Å². The van der Waals surface area contributed by atoms with Crippen LogP contribution in [0.1, 0.15) is 38.8 Å². The van der Waals surface area contributed by atoms with Crippen molar-refractivity contribution in [3.63, 3.8) is 0 Å². The highest BCUT2D eigenvalue weighted by Gasteiger charge is 2.14. The molecule has 3 N–H and O–H groups in total. The summed E-state index contributed by atoms with van der Waals surface area (Å²) in [7, 11) is 0. The third kappa shape index (κ3) is 5.11. The summed E-state index contributed by atoms with van der Waals surface area (Å²) in [5.74, 6) is -0.819. The average Bonchev–Trinajstić information content (AvgIpc) is 2.72. The van der Waals surface area contributed by atoms with Gasteiger partial charge in [-0.15, -0.1) is 0 Å². The normalized spacial score (nSPS) is 10.2. The molecule has 0 unspecified atom stereocenters. The van der Waals surface area contributed by atoms with Crippen LogP contribution in [0, 0.1) is 13.8 Å². The summed E-state index contributed by atoms with van der Waals surface area (Å²) in [5.41, 5.74) is 4.29. The van der Waals surface area contributed by atoms with Gasteiger partial charge >= 0.3 is 0 Å². The largest absolute Gasteiger partial charge is 0.325 e. The standard InChI is InChI=1S/C24H23N3O3/c1-15-9-12-20(25-17(3)28)22(13-15)27-24(30)19-11-10-16(2)21(14-19)26-23(29)18-7-5-4-6-8-18/h4-14H,1-3H3,(H,25,28)(H,26,29)(H,27,30).